The lowest BCUT2D eigenvalue weighted by Crippen LogP contribution is -2.29. The lowest BCUT2D eigenvalue weighted by Gasteiger charge is -2.22. The van der Waals surface area contributed by atoms with Gasteiger partial charge < -0.3 is 4.43 Å². The third-order valence-corrected chi connectivity index (χ3v) is 3.51. The van der Waals surface area contributed by atoms with E-state index in [1.165, 1.54) is 11.1 Å². The molecular formula is C13H18O2Si. The Bertz CT molecular complexity index is 418. The molecule has 3 heteroatoms. The quantitative estimate of drug-likeness (QED) is 0.735. The van der Waals surface area contributed by atoms with Gasteiger partial charge in [0.15, 0.2) is 0 Å². The summed E-state index contributed by atoms with van der Waals surface area (Å²) in [6, 6.07) is 6.15. The molecule has 0 fully saturated rings. The minimum absolute atomic E-state index is 0.353. The molecule has 1 aliphatic carbocycles. The molecule has 0 saturated heterocycles. The van der Waals surface area contributed by atoms with Gasteiger partial charge in [0.2, 0.25) is 8.32 Å². The molecule has 0 amide bonds. The van der Waals surface area contributed by atoms with Crippen molar-refractivity contribution in [1.29, 1.82) is 0 Å². The van der Waals surface area contributed by atoms with Crippen LogP contribution in [0.25, 0.3) is 0 Å². The van der Waals surface area contributed by atoms with Gasteiger partial charge in [-0.25, -0.2) is 0 Å². The van der Waals surface area contributed by atoms with Crippen LogP contribution in [0.1, 0.15) is 17.5 Å². The summed E-state index contributed by atoms with van der Waals surface area (Å²) in [4.78, 5) is 11.3. The highest BCUT2D eigenvalue weighted by Crippen LogP contribution is 2.25. The van der Waals surface area contributed by atoms with Crippen LogP contribution in [0.15, 0.2) is 18.2 Å². The van der Waals surface area contributed by atoms with Crippen molar-refractivity contribution in [2.45, 2.75) is 38.9 Å². The van der Waals surface area contributed by atoms with E-state index in [0.717, 1.165) is 12.2 Å². The summed E-state index contributed by atoms with van der Waals surface area (Å²) in [6.07, 6.45) is 2.16. The minimum atomic E-state index is -1.52. The zero-order valence-corrected chi connectivity index (χ0v) is 11.2. The summed E-state index contributed by atoms with van der Waals surface area (Å²) in [5.74, 6) is 1.32. The van der Waals surface area contributed by atoms with Gasteiger partial charge in [-0.3, -0.25) is 4.79 Å². The first-order valence-corrected chi connectivity index (χ1v) is 9.17. The molecule has 0 spiro atoms. The minimum Gasteiger partial charge on any atom is -0.544 e. The molecule has 1 aromatic carbocycles. The monoisotopic (exact) mass is 234 g/mol. The molecule has 86 valence electrons. The van der Waals surface area contributed by atoms with E-state index in [0.29, 0.717) is 18.6 Å². The van der Waals surface area contributed by atoms with Crippen molar-refractivity contribution < 1.29 is 9.22 Å². The maximum Gasteiger partial charge on any atom is 0.242 e. The van der Waals surface area contributed by atoms with Crippen molar-refractivity contribution in [3.63, 3.8) is 0 Å². The van der Waals surface area contributed by atoms with Crippen molar-refractivity contribution in [3.8, 4) is 5.75 Å². The molecule has 16 heavy (non-hydrogen) atoms. The molecule has 0 unspecified atom stereocenters. The Morgan fingerprint density at radius 1 is 1.12 bits per heavy atom. The lowest BCUT2D eigenvalue weighted by molar-refractivity contribution is -0.118. The Hall–Kier alpha value is -1.09. The summed E-state index contributed by atoms with van der Waals surface area (Å²) < 4.78 is 5.95. The second-order valence-electron chi connectivity index (χ2n) is 5.36. The van der Waals surface area contributed by atoms with E-state index in [9.17, 15) is 4.79 Å². The first kappa shape index (κ1) is 11.4. The number of hydrogen-bond acceptors (Lipinski definition) is 2. The molecule has 0 aliphatic heterocycles. The molecule has 2 rings (SSSR count). The van der Waals surface area contributed by atoms with Gasteiger partial charge in [0.1, 0.15) is 11.5 Å². The first-order chi connectivity index (χ1) is 7.44. The van der Waals surface area contributed by atoms with Crippen molar-refractivity contribution >= 4 is 14.1 Å². The van der Waals surface area contributed by atoms with Crippen LogP contribution < -0.4 is 4.43 Å². The van der Waals surface area contributed by atoms with E-state index in [-0.39, 0.29) is 0 Å². The summed E-state index contributed by atoms with van der Waals surface area (Å²) in [5.41, 5.74) is 2.47. The smallest absolute Gasteiger partial charge is 0.242 e. The van der Waals surface area contributed by atoms with E-state index in [4.69, 9.17) is 4.43 Å². The Morgan fingerprint density at radius 2 is 1.88 bits per heavy atom. The fourth-order valence-electron chi connectivity index (χ4n) is 2.00. The second kappa shape index (κ2) is 4.05. The van der Waals surface area contributed by atoms with Crippen LogP contribution >= 0.6 is 0 Å². The van der Waals surface area contributed by atoms with Crippen molar-refractivity contribution in [1.82, 2.24) is 0 Å². The summed E-state index contributed by atoms with van der Waals surface area (Å²) in [7, 11) is -1.52. The molecule has 0 N–H and O–H groups in total. The van der Waals surface area contributed by atoms with Crippen molar-refractivity contribution in [2.24, 2.45) is 0 Å². The van der Waals surface area contributed by atoms with E-state index >= 15 is 0 Å². The van der Waals surface area contributed by atoms with Gasteiger partial charge >= 0.3 is 0 Å². The largest absolute Gasteiger partial charge is 0.544 e. The molecule has 0 saturated carbocycles. The van der Waals surface area contributed by atoms with Crippen LogP contribution in [0, 0.1) is 0 Å². The molecule has 0 bridgehead atoms. The van der Waals surface area contributed by atoms with Crippen molar-refractivity contribution in [3.05, 3.63) is 29.3 Å². The van der Waals surface area contributed by atoms with Crippen LogP contribution in [-0.2, 0) is 17.6 Å². The SMILES string of the molecule is C[Si](C)(C)Oc1ccc2c(c1)CCC(=O)C2. The highest BCUT2D eigenvalue weighted by Gasteiger charge is 2.19. The summed E-state index contributed by atoms with van der Waals surface area (Å²) in [5, 5.41) is 0. The van der Waals surface area contributed by atoms with Gasteiger partial charge in [-0.1, -0.05) is 6.07 Å². The van der Waals surface area contributed by atoms with Crippen LogP contribution in [0.2, 0.25) is 19.6 Å². The van der Waals surface area contributed by atoms with Gasteiger partial charge in [0.05, 0.1) is 0 Å². The predicted molar refractivity (Wildman–Crippen MR) is 67.4 cm³/mol. The summed E-state index contributed by atoms with van der Waals surface area (Å²) >= 11 is 0. The highest BCUT2D eigenvalue weighted by molar-refractivity contribution is 6.70. The first-order valence-electron chi connectivity index (χ1n) is 5.76. The average molecular weight is 234 g/mol. The number of carbonyl (C=O) groups is 1. The number of rotatable bonds is 2. The zero-order chi connectivity index (χ0) is 11.8. The number of benzene rings is 1. The topological polar surface area (TPSA) is 26.3 Å². The van der Waals surface area contributed by atoms with Crippen LogP contribution in [0.5, 0.6) is 5.75 Å². The third kappa shape index (κ3) is 2.73. The van der Waals surface area contributed by atoms with Crippen LogP contribution in [-0.4, -0.2) is 14.1 Å². The molecule has 0 aromatic heterocycles. The predicted octanol–water partition coefficient (Wildman–Crippen LogP) is 2.96. The van der Waals surface area contributed by atoms with Gasteiger partial charge in [0, 0.05) is 12.8 Å². The van der Waals surface area contributed by atoms with Gasteiger partial charge in [-0.2, -0.15) is 0 Å². The van der Waals surface area contributed by atoms with Gasteiger partial charge in [0.25, 0.3) is 0 Å². The maximum atomic E-state index is 11.3. The zero-order valence-electron chi connectivity index (χ0n) is 10.2. The van der Waals surface area contributed by atoms with E-state index in [2.05, 4.69) is 25.7 Å². The number of carbonyl (C=O) groups excluding carboxylic acids is 1. The molecule has 1 aliphatic rings. The fourth-order valence-corrected chi connectivity index (χ4v) is 2.83. The Kier molecular flexibility index (Phi) is 2.89. The van der Waals surface area contributed by atoms with E-state index in [1.807, 2.05) is 12.1 Å². The molecule has 0 atom stereocenters. The van der Waals surface area contributed by atoms with Gasteiger partial charge in [-0.05, 0) is 49.3 Å². The number of aryl methyl sites for hydroxylation is 1. The van der Waals surface area contributed by atoms with Crippen molar-refractivity contribution in [2.75, 3.05) is 0 Å². The maximum absolute atomic E-state index is 11.3. The second-order valence-corrected chi connectivity index (χ2v) is 9.79. The average Bonchev–Trinajstić information content (AvgIpc) is 2.16. The third-order valence-electron chi connectivity index (χ3n) is 2.66. The summed E-state index contributed by atoms with van der Waals surface area (Å²) in [6.45, 7) is 6.53. The molecular weight excluding hydrogens is 216 g/mol. The van der Waals surface area contributed by atoms with Gasteiger partial charge in [-0.15, -0.1) is 0 Å². The number of fused-ring (bicyclic) bond motifs is 1. The Morgan fingerprint density at radius 3 is 2.56 bits per heavy atom. The Balaban J connectivity index is 2.23. The number of hydrogen-bond donors (Lipinski definition) is 0. The molecule has 0 heterocycles. The molecule has 0 radical (unpaired) electrons. The molecule has 1 aromatic rings. The van der Waals surface area contributed by atoms with Crippen LogP contribution in [0.4, 0.5) is 0 Å². The number of Topliss-reactive ketones (excluding diaryl/α,β-unsaturated/α-hetero) is 1. The van der Waals surface area contributed by atoms with E-state index < -0.39 is 8.32 Å². The standard InChI is InChI=1S/C13H18O2Si/c1-16(2,3)15-13-7-5-10-8-12(14)6-4-11(10)9-13/h5,7,9H,4,6,8H2,1-3H3. The van der Waals surface area contributed by atoms with Crippen LogP contribution in [0.3, 0.4) is 0 Å². The van der Waals surface area contributed by atoms with E-state index in [1.54, 1.807) is 0 Å². The lowest BCUT2D eigenvalue weighted by atomic mass is 9.91. The fraction of sp³-hybridized carbons (Fsp3) is 0.462. The number of ketones is 1. The Labute approximate surface area is 97.8 Å². The molecule has 2 nitrogen and oxygen atoms in total. The highest BCUT2D eigenvalue weighted by atomic mass is 28.4. The normalized spacial score (nSPS) is 15.8.